The van der Waals surface area contributed by atoms with E-state index in [1.807, 2.05) is 4.90 Å². The van der Waals surface area contributed by atoms with Gasteiger partial charge in [-0.3, -0.25) is 14.5 Å². The van der Waals surface area contributed by atoms with Gasteiger partial charge < -0.3 is 15.7 Å². The lowest BCUT2D eigenvalue weighted by molar-refractivity contribution is -0.140. The van der Waals surface area contributed by atoms with Gasteiger partial charge in [-0.25, -0.2) is 0 Å². The highest BCUT2D eigenvalue weighted by atomic mass is 16.4. The highest BCUT2D eigenvalue weighted by molar-refractivity contribution is 5.79. The maximum Gasteiger partial charge on any atom is 0.304 e. The van der Waals surface area contributed by atoms with E-state index in [4.69, 9.17) is 10.8 Å². The summed E-state index contributed by atoms with van der Waals surface area (Å²) in [7, 11) is 0. The van der Waals surface area contributed by atoms with Crippen molar-refractivity contribution >= 4 is 11.9 Å². The molecular formula is C15H27N3O3. The van der Waals surface area contributed by atoms with E-state index in [1.54, 1.807) is 0 Å². The molecule has 0 aromatic carbocycles. The topological polar surface area (TPSA) is 86.9 Å². The smallest absolute Gasteiger partial charge is 0.304 e. The van der Waals surface area contributed by atoms with E-state index < -0.39 is 5.97 Å². The van der Waals surface area contributed by atoms with Gasteiger partial charge in [0.2, 0.25) is 5.91 Å². The molecule has 6 heteroatoms. The van der Waals surface area contributed by atoms with Crippen LogP contribution in [-0.2, 0) is 9.59 Å². The molecule has 0 radical (unpaired) electrons. The highest BCUT2D eigenvalue weighted by Gasteiger charge is 2.30. The number of carboxylic acid groups (broad SMARTS) is 1. The number of nitrogens with two attached hydrogens (primary N) is 1. The molecule has 1 aliphatic heterocycles. The van der Waals surface area contributed by atoms with Crippen LogP contribution < -0.4 is 5.73 Å². The number of rotatable bonds is 5. The van der Waals surface area contributed by atoms with E-state index in [0.29, 0.717) is 18.4 Å². The Morgan fingerprint density at radius 2 is 1.67 bits per heavy atom. The van der Waals surface area contributed by atoms with Crippen LogP contribution in [0.25, 0.3) is 0 Å². The number of carboxylic acids is 1. The number of carbonyl (C=O) groups is 2. The van der Waals surface area contributed by atoms with Crippen LogP contribution in [0.4, 0.5) is 0 Å². The lowest BCUT2D eigenvalue weighted by atomic mass is 9.81. The molecule has 1 saturated heterocycles. The fourth-order valence-electron chi connectivity index (χ4n) is 3.35. The summed E-state index contributed by atoms with van der Waals surface area (Å²) in [6.07, 6.45) is 4.27. The van der Waals surface area contributed by atoms with Crippen LogP contribution in [0.15, 0.2) is 0 Å². The fraction of sp³-hybridized carbons (Fsp3) is 0.867. The van der Waals surface area contributed by atoms with Crippen molar-refractivity contribution in [1.29, 1.82) is 0 Å². The Labute approximate surface area is 126 Å². The molecule has 1 aliphatic carbocycles. The molecule has 2 fully saturated rings. The van der Waals surface area contributed by atoms with Gasteiger partial charge in [0.25, 0.3) is 0 Å². The summed E-state index contributed by atoms with van der Waals surface area (Å²) in [6.45, 7) is 4.36. The zero-order valence-electron chi connectivity index (χ0n) is 12.7. The van der Waals surface area contributed by atoms with E-state index in [2.05, 4.69) is 4.90 Å². The van der Waals surface area contributed by atoms with Crippen LogP contribution in [0.5, 0.6) is 0 Å². The Morgan fingerprint density at radius 1 is 1.05 bits per heavy atom. The predicted molar refractivity (Wildman–Crippen MR) is 79.8 cm³/mol. The number of nitrogens with zero attached hydrogens (tertiary/aromatic N) is 2. The lowest BCUT2D eigenvalue weighted by Crippen LogP contribution is -2.51. The SMILES string of the molecule is NCC1CCC(C(=O)N2CCN(CCC(=O)O)CC2)CC1. The van der Waals surface area contributed by atoms with Gasteiger partial charge >= 0.3 is 5.97 Å². The van der Waals surface area contributed by atoms with Gasteiger partial charge in [-0.2, -0.15) is 0 Å². The van der Waals surface area contributed by atoms with Crippen LogP contribution in [0, 0.1) is 11.8 Å². The molecule has 0 aromatic rings. The van der Waals surface area contributed by atoms with Gasteiger partial charge in [0.15, 0.2) is 0 Å². The van der Waals surface area contributed by atoms with Crippen molar-refractivity contribution in [2.75, 3.05) is 39.3 Å². The summed E-state index contributed by atoms with van der Waals surface area (Å²) in [5, 5.41) is 8.70. The second-order valence-electron chi connectivity index (χ2n) is 6.26. The summed E-state index contributed by atoms with van der Waals surface area (Å²) < 4.78 is 0. The Bertz CT molecular complexity index is 359. The zero-order valence-corrected chi connectivity index (χ0v) is 12.7. The maximum atomic E-state index is 12.5. The van der Waals surface area contributed by atoms with Crippen molar-refractivity contribution < 1.29 is 14.7 Å². The molecule has 1 amide bonds. The van der Waals surface area contributed by atoms with Crippen molar-refractivity contribution in [1.82, 2.24) is 9.80 Å². The molecule has 120 valence electrons. The third-order valence-corrected chi connectivity index (χ3v) is 4.86. The van der Waals surface area contributed by atoms with Gasteiger partial charge in [-0.05, 0) is 38.1 Å². The molecule has 1 saturated carbocycles. The fourth-order valence-corrected chi connectivity index (χ4v) is 3.35. The van der Waals surface area contributed by atoms with E-state index in [1.165, 1.54) is 0 Å². The molecule has 6 nitrogen and oxygen atoms in total. The first-order chi connectivity index (χ1) is 10.1. The third-order valence-electron chi connectivity index (χ3n) is 4.86. The minimum Gasteiger partial charge on any atom is -0.481 e. The van der Waals surface area contributed by atoms with Crippen LogP contribution in [0.3, 0.4) is 0 Å². The first-order valence-electron chi connectivity index (χ1n) is 8.03. The zero-order chi connectivity index (χ0) is 15.2. The van der Waals surface area contributed by atoms with Gasteiger partial charge in [0.05, 0.1) is 6.42 Å². The monoisotopic (exact) mass is 297 g/mol. The maximum absolute atomic E-state index is 12.5. The van der Waals surface area contributed by atoms with Crippen LogP contribution in [0.2, 0.25) is 0 Å². The van der Waals surface area contributed by atoms with Gasteiger partial charge in [-0.15, -0.1) is 0 Å². The van der Waals surface area contributed by atoms with Crippen molar-refractivity contribution in [2.45, 2.75) is 32.1 Å². The van der Waals surface area contributed by atoms with Gasteiger partial charge in [0, 0.05) is 38.6 Å². The Kier molecular flexibility index (Phi) is 5.99. The summed E-state index contributed by atoms with van der Waals surface area (Å²) in [5.41, 5.74) is 5.69. The first-order valence-corrected chi connectivity index (χ1v) is 8.03. The summed E-state index contributed by atoms with van der Waals surface area (Å²) in [5.74, 6) is 0.314. The Morgan fingerprint density at radius 3 is 2.19 bits per heavy atom. The van der Waals surface area contributed by atoms with Crippen LogP contribution >= 0.6 is 0 Å². The van der Waals surface area contributed by atoms with Crippen molar-refractivity contribution in [3.8, 4) is 0 Å². The molecule has 0 unspecified atom stereocenters. The van der Waals surface area contributed by atoms with Crippen molar-refractivity contribution in [3.63, 3.8) is 0 Å². The molecule has 0 aromatic heterocycles. The summed E-state index contributed by atoms with van der Waals surface area (Å²) in [4.78, 5) is 27.2. The summed E-state index contributed by atoms with van der Waals surface area (Å²) in [6, 6.07) is 0. The second kappa shape index (κ2) is 7.75. The molecule has 0 spiro atoms. The molecular weight excluding hydrogens is 270 g/mol. The average molecular weight is 297 g/mol. The van der Waals surface area contributed by atoms with Crippen LogP contribution in [0.1, 0.15) is 32.1 Å². The predicted octanol–water partition coefficient (Wildman–Crippen LogP) is 0.370. The largest absolute Gasteiger partial charge is 0.481 e. The third kappa shape index (κ3) is 4.68. The van der Waals surface area contributed by atoms with E-state index in [0.717, 1.165) is 58.4 Å². The van der Waals surface area contributed by atoms with Gasteiger partial charge in [0.1, 0.15) is 0 Å². The second-order valence-corrected chi connectivity index (χ2v) is 6.26. The molecule has 3 N–H and O–H groups in total. The molecule has 0 atom stereocenters. The minimum atomic E-state index is -0.759. The number of hydrogen-bond acceptors (Lipinski definition) is 4. The molecule has 0 bridgehead atoms. The van der Waals surface area contributed by atoms with E-state index in [9.17, 15) is 9.59 Å². The number of amides is 1. The molecule has 1 heterocycles. The molecule has 2 aliphatic rings. The lowest BCUT2D eigenvalue weighted by Gasteiger charge is -2.37. The molecule has 21 heavy (non-hydrogen) atoms. The average Bonchev–Trinajstić information content (AvgIpc) is 2.53. The number of piperazine rings is 1. The number of carbonyl (C=O) groups excluding carboxylic acids is 1. The number of hydrogen-bond donors (Lipinski definition) is 2. The first kappa shape index (κ1) is 16.2. The molecule has 2 rings (SSSR count). The van der Waals surface area contributed by atoms with Crippen LogP contribution in [-0.4, -0.2) is 66.1 Å². The standard InChI is InChI=1S/C15H27N3O3/c16-11-12-1-3-13(4-2-12)15(21)18-9-7-17(8-10-18)6-5-14(19)20/h12-13H,1-11,16H2,(H,19,20). The Hall–Kier alpha value is -1.14. The normalized spacial score (nSPS) is 27.6. The van der Waals surface area contributed by atoms with Crippen molar-refractivity contribution in [3.05, 3.63) is 0 Å². The number of aliphatic carboxylic acids is 1. The highest BCUT2D eigenvalue weighted by Crippen LogP contribution is 2.29. The van der Waals surface area contributed by atoms with Gasteiger partial charge in [-0.1, -0.05) is 0 Å². The Balaban J connectivity index is 1.72. The van der Waals surface area contributed by atoms with E-state index in [-0.39, 0.29) is 12.3 Å². The van der Waals surface area contributed by atoms with E-state index >= 15 is 0 Å². The minimum absolute atomic E-state index is 0.178. The summed E-state index contributed by atoms with van der Waals surface area (Å²) >= 11 is 0. The van der Waals surface area contributed by atoms with Crippen molar-refractivity contribution in [2.24, 2.45) is 17.6 Å². The quantitative estimate of drug-likeness (QED) is 0.765.